The first-order valence-electron chi connectivity index (χ1n) is 7.55. The number of ether oxygens (including phenoxy) is 1. The Morgan fingerprint density at radius 2 is 1.88 bits per heavy atom. The van der Waals surface area contributed by atoms with Crippen molar-refractivity contribution in [2.45, 2.75) is 12.8 Å². The van der Waals surface area contributed by atoms with E-state index in [-0.39, 0.29) is 18.7 Å². The fourth-order valence-corrected chi connectivity index (χ4v) is 2.16. The first-order chi connectivity index (χ1) is 12.1. The molecule has 0 aliphatic carbocycles. The number of carbonyl (C=O) groups is 1. The number of rotatable bonds is 5. The summed E-state index contributed by atoms with van der Waals surface area (Å²) in [6.45, 7) is 0. The normalized spacial score (nSPS) is 10.2. The molecular formula is C19H13FN2O3. The van der Waals surface area contributed by atoms with Gasteiger partial charge >= 0.3 is 5.97 Å². The van der Waals surface area contributed by atoms with Crippen LogP contribution in [0.4, 0.5) is 4.39 Å². The Balaban J connectivity index is 1.55. The molecule has 1 aromatic heterocycles. The number of halogens is 1. The minimum atomic E-state index is -0.425. The van der Waals surface area contributed by atoms with Crippen LogP contribution in [-0.2, 0) is 11.2 Å². The Bertz CT molecular complexity index is 909. The maximum atomic E-state index is 12.9. The molecule has 0 fully saturated rings. The number of carbonyl (C=O) groups excluding carboxylic acids is 1. The summed E-state index contributed by atoms with van der Waals surface area (Å²) in [6.07, 6.45) is 1.92. The molecule has 0 unspecified atom stereocenters. The van der Waals surface area contributed by atoms with E-state index < -0.39 is 5.97 Å². The van der Waals surface area contributed by atoms with E-state index in [0.29, 0.717) is 28.5 Å². The summed E-state index contributed by atoms with van der Waals surface area (Å²) < 4.78 is 23.7. The van der Waals surface area contributed by atoms with Crippen molar-refractivity contribution in [2.75, 3.05) is 0 Å². The van der Waals surface area contributed by atoms with Gasteiger partial charge in [-0.1, -0.05) is 0 Å². The van der Waals surface area contributed by atoms with Gasteiger partial charge in [-0.15, -0.1) is 0 Å². The van der Waals surface area contributed by atoms with Gasteiger partial charge < -0.3 is 9.15 Å². The lowest BCUT2D eigenvalue weighted by molar-refractivity contribution is -0.134. The van der Waals surface area contributed by atoms with Crippen LogP contribution in [0, 0.1) is 17.1 Å². The Labute approximate surface area is 143 Å². The predicted octanol–water partition coefficient (Wildman–Crippen LogP) is 3.89. The highest BCUT2D eigenvalue weighted by molar-refractivity contribution is 5.72. The van der Waals surface area contributed by atoms with Crippen LogP contribution in [0.1, 0.15) is 17.9 Å². The molecule has 0 N–H and O–H groups in total. The molecule has 0 amide bonds. The molecule has 3 aromatic rings. The Morgan fingerprint density at radius 3 is 2.56 bits per heavy atom. The van der Waals surface area contributed by atoms with Crippen molar-refractivity contribution >= 4 is 5.97 Å². The zero-order valence-electron chi connectivity index (χ0n) is 13.1. The van der Waals surface area contributed by atoms with Gasteiger partial charge in [0, 0.05) is 12.0 Å². The molecule has 25 heavy (non-hydrogen) atoms. The molecule has 0 bridgehead atoms. The van der Waals surface area contributed by atoms with Crippen molar-refractivity contribution in [1.82, 2.24) is 4.98 Å². The molecule has 0 aliphatic heterocycles. The van der Waals surface area contributed by atoms with Crippen molar-refractivity contribution in [3.05, 3.63) is 72.0 Å². The summed E-state index contributed by atoms with van der Waals surface area (Å²) in [5.41, 5.74) is 1.20. The van der Waals surface area contributed by atoms with E-state index in [1.54, 1.807) is 36.4 Å². The maximum absolute atomic E-state index is 12.9. The van der Waals surface area contributed by atoms with E-state index in [4.69, 9.17) is 14.4 Å². The number of aryl methyl sites for hydroxylation is 1. The van der Waals surface area contributed by atoms with E-state index in [1.165, 1.54) is 18.3 Å². The topological polar surface area (TPSA) is 76.1 Å². The average molecular weight is 336 g/mol. The number of hydrogen-bond donors (Lipinski definition) is 0. The van der Waals surface area contributed by atoms with Gasteiger partial charge in [0.1, 0.15) is 11.6 Å². The fourth-order valence-electron chi connectivity index (χ4n) is 2.16. The van der Waals surface area contributed by atoms with Gasteiger partial charge in [-0.25, -0.2) is 9.37 Å². The third kappa shape index (κ3) is 4.30. The van der Waals surface area contributed by atoms with E-state index in [9.17, 15) is 9.18 Å². The van der Waals surface area contributed by atoms with Gasteiger partial charge in [0.25, 0.3) is 0 Å². The van der Waals surface area contributed by atoms with Crippen LogP contribution in [0.3, 0.4) is 0 Å². The molecule has 0 aliphatic rings. The first-order valence-corrected chi connectivity index (χ1v) is 7.55. The number of esters is 1. The standard InChI is InChI=1S/C19H13FN2O3/c20-15-5-3-14(4-6-15)17-12-22-18(25-17)9-10-19(23)24-16-7-1-13(11-21)2-8-16/h1-8,12H,9-10H2. The highest BCUT2D eigenvalue weighted by Crippen LogP contribution is 2.21. The number of oxazole rings is 1. The lowest BCUT2D eigenvalue weighted by atomic mass is 10.2. The second-order valence-electron chi connectivity index (χ2n) is 5.24. The Kier molecular flexibility index (Phi) is 4.86. The van der Waals surface area contributed by atoms with Crippen molar-refractivity contribution in [2.24, 2.45) is 0 Å². The third-order valence-electron chi connectivity index (χ3n) is 3.44. The maximum Gasteiger partial charge on any atom is 0.311 e. The van der Waals surface area contributed by atoms with Crippen LogP contribution < -0.4 is 4.74 Å². The quantitative estimate of drug-likeness (QED) is 0.522. The third-order valence-corrected chi connectivity index (χ3v) is 3.44. The van der Waals surface area contributed by atoms with Crippen LogP contribution in [0.2, 0.25) is 0 Å². The molecule has 0 radical (unpaired) electrons. The smallest absolute Gasteiger partial charge is 0.311 e. The first kappa shape index (κ1) is 16.4. The average Bonchev–Trinajstić information content (AvgIpc) is 3.10. The summed E-state index contributed by atoms with van der Waals surface area (Å²) in [6, 6.07) is 14.1. The zero-order valence-corrected chi connectivity index (χ0v) is 13.1. The molecule has 0 spiro atoms. The summed E-state index contributed by atoms with van der Waals surface area (Å²) in [7, 11) is 0. The monoisotopic (exact) mass is 336 g/mol. The molecule has 124 valence electrons. The minimum absolute atomic E-state index is 0.101. The van der Waals surface area contributed by atoms with E-state index in [1.807, 2.05) is 6.07 Å². The number of benzene rings is 2. The van der Waals surface area contributed by atoms with Crippen molar-refractivity contribution in [3.63, 3.8) is 0 Å². The number of nitrogens with zero attached hydrogens (tertiary/aromatic N) is 2. The molecule has 1 heterocycles. The Hall–Kier alpha value is -3.46. The number of nitriles is 1. The number of hydrogen-bond acceptors (Lipinski definition) is 5. The fraction of sp³-hybridized carbons (Fsp3) is 0.105. The molecule has 6 heteroatoms. The van der Waals surface area contributed by atoms with Crippen LogP contribution in [0.5, 0.6) is 5.75 Å². The second kappa shape index (κ2) is 7.41. The molecule has 5 nitrogen and oxygen atoms in total. The van der Waals surface area contributed by atoms with Gasteiger partial charge in [-0.2, -0.15) is 5.26 Å². The molecule has 3 rings (SSSR count). The molecule has 0 saturated carbocycles. The molecule has 0 saturated heterocycles. The van der Waals surface area contributed by atoms with Crippen LogP contribution in [-0.4, -0.2) is 11.0 Å². The summed E-state index contributed by atoms with van der Waals surface area (Å²) in [5, 5.41) is 8.72. The highest BCUT2D eigenvalue weighted by atomic mass is 19.1. The zero-order chi connectivity index (χ0) is 17.6. The molecule has 0 atom stereocenters. The number of aromatic nitrogens is 1. The Morgan fingerprint density at radius 1 is 1.16 bits per heavy atom. The largest absolute Gasteiger partial charge is 0.441 e. The lowest BCUT2D eigenvalue weighted by Gasteiger charge is -2.03. The molecular weight excluding hydrogens is 323 g/mol. The van der Waals surface area contributed by atoms with Crippen molar-refractivity contribution in [1.29, 1.82) is 5.26 Å². The van der Waals surface area contributed by atoms with Gasteiger partial charge in [-0.05, 0) is 48.5 Å². The summed E-state index contributed by atoms with van der Waals surface area (Å²) in [4.78, 5) is 16.0. The van der Waals surface area contributed by atoms with Gasteiger partial charge in [0.15, 0.2) is 11.7 Å². The minimum Gasteiger partial charge on any atom is -0.441 e. The van der Waals surface area contributed by atoms with Crippen LogP contribution >= 0.6 is 0 Å². The van der Waals surface area contributed by atoms with E-state index >= 15 is 0 Å². The van der Waals surface area contributed by atoms with Crippen molar-refractivity contribution in [3.8, 4) is 23.1 Å². The highest BCUT2D eigenvalue weighted by Gasteiger charge is 2.11. The lowest BCUT2D eigenvalue weighted by Crippen LogP contribution is -2.09. The summed E-state index contributed by atoms with van der Waals surface area (Å²) in [5.74, 6) is 0.537. The van der Waals surface area contributed by atoms with E-state index in [0.717, 1.165) is 0 Å². The second-order valence-corrected chi connectivity index (χ2v) is 5.24. The van der Waals surface area contributed by atoms with Crippen LogP contribution in [0.15, 0.2) is 59.1 Å². The summed E-state index contributed by atoms with van der Waals surface area (Å²) >= 11 is 0. The SMILES string of the molecule is N#Cc1ccc(OC(=O)CCc2ncc(-c3ccc(F)cc3)o2)cc1. The van der Waals surface area contributed by atoms with Gasteiger partial charge in [0.2, 0.25) is 0 Å². The van der Waals surface area contributed by atoms with Crippen molar-refractivity contribution < 1.29 is 18.3 Å². The van der Waals surface area contributed by atoms with Gasteiger partial charge in [0.05, 0.1) is 24.3 Å². The predicted molar refractivity (Wildman–Crippen MR) is 87.0 cm³/mol. The van der Waals surface area contributed by atoms with E-state index in [2.05, 4.69) is 4.98 Å². The van der Waals surface area contributed by atoms with Crippen LogP contribution in [0.25, 0.3) is 11.3 Å². The van der Waals surface area contributed by atoms with Gasteiger partial charge in [-0.3, -0.25) is 4.79 Å². The molecule has 2 aromatic carbocycles.